The van der Waals surface area contributed by atoms with Crippen LogP contribution >= 0.6 is 0 Å². The highest BCUT2D eigenvalue weighted by Gasteiger charge is 2.41. The molecule has 4 rings (SSSR count). The zero-order valence-electron chi connectivity index (χ0n) is 15.0. The van der Waals surface area contributed by atoms with Crippen LogP contribution in [0.25, 0.3) is 0 Å². The molecule has 2 aromatic carbocycles. The molecule has 0 aliphatic heterocycles. The normalized spacial score (nSPS) is 20.6. The van der Waals surface area contributed by atoms with Gasteiger partial charge in [-0.05, 0) is 43.0 Å². The number of aliphatic hydroxyl groups is 1. The van der Waals surface area contributed by atoms with Gasteiger partial charge < -0.3 is 14.9 Å². The van der Waals surface area contributed by atoms with Gasteiger partial charge in [-0.1, -0.05) is 12.1 Å². The number of rotatable bonds is 2. The molecule has 2 aromatic rings. The van der Waals surface area contributed by atoms with Gasteiger partial charge in [-0.2, -0.15) is 0 Å². The number of methoxy groups -OCH3 is 1. The highest BCUT2D eigenvalue weighted by Crippen LogP contribution is 2.43. The molecular weight excluding hydrogens is 348 g/mol. The predicted octanol–water partition coefficient (Wildman–Crippen LogP) is 1.98. The van der Waals surface area contributed by atoms with Gasteiger partial charge in [0, 0.05) is 17.5 Å². The third-order valence-corrected chi connectivity index (χ3v) is 5.61. The van der Waals surface area contributed by atoms with Crippen molar-refractivity contribution in [3.8, 4) is 11.5 Å². The molecule has 0 radical (unpaired) electrons. The van der Waals surface area contributed by atoms with Crippen LogP contribution < -0.4 is 4.74 Å². The van der Waals surface area contributed by atoms with Crippen molar-refractivity contribution in [1.82, 2.24) is 0 Å². The fourth-order valence-electron chi connectivity index (χ4n) is 4.04. The molecule has 0 aromatic heterocycles. The van der Waals surface area contributed by atoms with Crippen molar-refractivity contribution >= 4 is 17.3 Å². The third kappa shape index (κ3) is 2.33. The first kappa shape index (κ1) is 17.4. The minimum Gasteiger partial charge on any atom is -0.507 e. The average Bonchev–Trinajstić information content (AvgIpc) is 2.64. The molecule has 0 saturated carbocycles. The van der Waals surface area contributed by atoms with Gasteiger partial charge in [-0.15, -0.1) is 0 Å². The minimum atomic E-state index is -1.52. The van der Waals surface area contributed by atoms with Gasteiger partial charge in [-0.3, -0.25) is 14.4 Å². The Balaban J connectivity index is 1.94. The summed E-state index contributed by atoms with van der Waals surface area (Å²) in [6, 6.07) is 6.29. The van der Waals surface area contributed by atoms with Gasteiger partial charge in [0.25, 0.3) is 0 Å². The lowest BCUT2D eigenvalue weighted by molar-refractivity contribution is -0.136. The summed E-state index contributed by atoms with van der Waals surface area (Å²) in [7, 11) is 1.41. The summed E-state index contributed by atoms with van der Waals surface area (Å²) in [6.45, 7) is 1.32. The van der Waals surface area contributed by atoms with Crippen LogP contribution in [-0.4, -0.2) is 40.3 Å². The van der Waals surface area contributed by atoms with E-state index in [2.05, 4.69) is 0 Å². The molecule has 27 heavy (non-hydrogen) atoms. The topological polar surface area (TPSA) is 101 Å². The summed E-state index contributed by atoms with van der Waals surface area (Å²) < 4.78 is 5.23. The predicted molar refractivity (Wildman–Crippen MR) is 95.6 cm³/mol. The number of benzene rings is 2. The maximum atomic E-state index is 13.1. The van der Waals surface area contributed by atoms with Crippen LogP contribution in [0, 0.1) is 0 Å². The molecular formula is C21H18O6. The molecule has 0 saturated heterocycles. The zero-order valence-corrected chi connectivity index (χ0v) is 15.0. The Labute approximate surface area is 155 Å². The van der Waals surface area contributed by atoms with E-state index in [1.54, 1.807) is 18.2 Å². The number of aromatic hydroxyl groups is 1. The Hall–Kier alpha value is -2.99. The van der Waals surface area contributed by atoms with E-state index in [1.165, 1.54) is 20.1 Å². The number of phenols is 1. The van der Waals surface area contributed by atoms with Crippen molar-refractivity contribution in [2.75, 3.05) is 7.11 Å². The quantitative estimate of drug-likeness (QED) is 0.719. The van der Waals surface area contributed by atoms with Crippen LogP contribution in [0.15, 0.2) is 24.3 Å². The van der Waals surface area contributed by atoms with E-state index in [9.17, 15) is 24.6 Å². The van der Waals surface area contributed by atoms with E-state index < -0.39 is 17.2 Å². The number of hydrogen-bond acceptors (Lipinski definition) is 6. The van der Waals surface area contributed by atoms with Crippen molar-refractivity contribution < 1.29 is 29.3 Å². The molecule has 138 valence electrons. The van der Waals surface area contributed by atoms with Crippen molar-refractivity contribution in [2.45, 2.75) is 31.8 Å². The average molecular weight is 366 g/mol. The Morgan fingerprint density at radius 2 is 1.89 bits per heavy atom. The molecule has 0 unspecified atom stereocenters. The first-order valence-corrected chi connectivity index (χ1v) is 8.66. The lowest BCUT2D eigenvalue weighted by atomic mass is 9.74. The van der Waals surface area contributed by atoms with E-state index in [1.807, 2.05) is 0 Å². The van der Waals surface area contributed by atoms with Gasteiger partial charge in [-0.25, -0.2) is 0 Å². The molecule has 2 N–H and O–H groups in total. The number of carbonyl (C=O) groups is 3. The molecule has 2 aliphatic rings. The van der Waals surface area contributed by atoms with Crippen molar-refractivity contribution in [3.63, 3.8) is 0 Å². The van der Waals surface area contributed by atoms with Gasteiger partial charge in [0.2, 0.25) is 5.78 Å². The summed E-state index contributed by atoms with van der Waals surface area (Å²) in [5.74, 6) is -1.19. The Bertz CT molecular complexity index is 1040. The van der Waals surface area contributed by atoms with Crippen molar-refractivity contribution in [3.05, 3.63) is 57.6 Å². The van der Waals surface area contributed by atoms with Crippen LogP contribution in [0.3, 0.4) is 0 Å². The van der Waals surface area contributed by atoms with Gasteiger partial charge in [0.1, 0.15) is 17.1 Å². The number of carbonyl (C=O) groups excluding carboxylic acids is 3. The second-order valence-corrected chi connectivity index (χ2v) is 7.09. The molecule has 0 spiro atoms. The van der Waals surface area contributed by atoms with Crippen LogP contribution in [0.2, 0.25) is 0 Å². The van der Waals surface area contributed by atoms with E-state index in [0.29, 0.717) is 11.1 Å². The summed E-state index contributed by atoms with van der Waals surface area (Å²) in [5.41, 5.74) is -0.0976. The monoisotopic (exact) mass is 366 g/mol. The number of ketones is 3. The molecule has 0 amide bonds. The maximum Gasteiger partial charge on any atom is 0.201 e. The van der Waals surface area contributed by atoms with Crippen LogP contribution in [0.4, 0.5) is 0 Å². The summed E-state index contributed by atoms with van der Waals surface area (Å²) in [5, 5.41) is 21.3. The second kappa shape index (κ2) is 5.76. The Morgan fingerprint density at radius 3 is 2.56 bits per heavy atom. The summed E-state index contributed by atoms with van der Waals surface area (Å²) in [4.78, 5) is 37.9. The SMILES string of the molecule is COc1cccc2c1C(=O)c1c(cc3c(c1O)CC[C@@](O)(C(C)=O)C3)C2=O. The molecule has 1 atom stereocenters. The largest absolute Gasteiger partial charge is 0.507 e. The smallest absolute Gasteiger partial charge is 0.201 e. The van der Waals surface area contributed by atoms with Gasteiger partial charge in [0.05, 0.1) is 18.2 Å². The van der Waals surface area contributed by atoms with Gasteiger partial charge in [0.15, 0.2) is 11.6 Å². The Morgan fingerprint density at radius 1 is 1.15 bits per heavy atom. The zero-order chi connectivity index (χ0) is 19.5. The third-order valence-electron chi connectivity index (χ3n) is 5.61. The first-order valence-electron chi connectivity index (χ1n) is 8.66. The second-order valence-electron chi connectivity index (χ2n) is 7.09. The van der Waals surface area contributed by atoms with Crippen molar-refractivity contribution in [1.29, 1.82) is 0 Å². The lowest BCUT2D eigenvalue weighted by Crippen LogP contribution is -2.42. The fraction of sp³-hybridized carbons (Fsp3) is 0.286. The van der Waals surface area contributed by atoms with E-state index in [4.69, 9.17) is 4.74 Å². The maximum absolute atomic E-state index is 13.1. The van der Waals surface area contributed by atoms with Crippen LogP contribution in [-0.2, 0) is 17.6 Å². The number of fused-ring (bicyclic) bond motifs is 3. The summed E-state index contributed by atoms with van der Waals surface area (Å²) in [6.07, 6.45) is 0.402. The molecule has 0 fully saturated rings. The molecule has 6 nitrogen and oxygen atoms in total. The molecule has 2 aliphatic carbocycles. The van der Waals surface area contributed by atoms with E-state index in [-0.39, 0.29) is 58.8 Å². The minimum absolute atomic E-state index is 0.00491. The molecule has 0 heterocycles. The lowest BCUT2D eigenvalue weighted by Gasteiger charge is -2.33. The highest BCUT2D eigenvalue weighted by atomic mass is 16.5. The first-order chi connectivity index (χ1) is 12.8. The Kier molecular flexibility index (Phi) is 3.71. The number of hydrogen-bond donors (Lipinski definition) is 2. The van der Waals surface area contributed by atoms with Crippen molar-refractivity contribution in [2.24, 2.45) is 0 Å². The van der Waals surface area contributed by atoms with Crippen LogP contribution in [0.5, 0.6) is 11.5 Å². The standard InChI is InChI=1S/C21H18O6/c1-10(22)21(26)7-6-12-11(9-21)8-14-17(19(12)24)20(25)16-13(18(14)23)4-3-5-15(16)27-2/h3-5,8,24,26H,6-7,9H2,1-2H3/t21-/m0/s1. The number of ether oxygens (including phenoxy) is 1. The summed E-state index contributed by atoms with van der Waals surface area (Å²) >= 11 is 0. The molecule has 6 heteroatoms. The number of phenolic OH excluding ortho intramolecular Hbond substituents is 1. The van der Waals surface area contributed by atoms with Crippen LogP contribution in [0.1, 0.15) is 56.3 Å². The van der Waals surface area contributed by atoms with Gasteiger partial charge >= 0.3 is 0 Å². The highest BCUT2D eigenvalue weighted by molar-refractivity contribution is 6.30. The number of Topliss-reactive ketones (excluding diaryl/α,β-unsaturated/α-hetero) is 1. The molecule has 0 bridgehead atoms. The van der Waals surface area contributed by atoms with E-state index in [0.717, 1.165) is 0 Å². The fourth-order valence-corrected chi connectivity index (χ4v) is 4.04. The van der Waals surface area contributed by atoms with E-state index >= 15 is 0 Å².